The molecule has 0 aromatic heterocycles. The standard InChI is InChI=1S/C17H17N3O3/c1-13-5-3-4-6-17(13)23-10-9-19(2)16-8-7-15(20(21)22)11-14(16)12-18/h3-8,11H,9-10H2,1-2H3. The summed E-state index contributed by atoms with van der Waals surface area (Å²) < 4.78 is 5.73. The number of ether oxygens (including phenoxy) is 1. The lowest BCUT2D eigenvalue weighted by Gasteiger charge is -2.20. The highest BCUT2D eigenvalue weighted by Gasteiger charge is 2.13. The van der Waals surface area contributed by atoms with Crippen LogP contribution in [-0.4, -0.2) is 25.1 Å². The Hall–Kier alpha value is -3.07. The molecule has 0 N–H and O–H groups in total. The van der Waals surface area contributed by atoms with Gasteiger partial charge in [-0.2, -0.15) is 5.26 Å². The average Bonchev–Trinajstić information content (AvgIpc) is 2.55. The van der Waals surface area contributed by atoms with Gasteiger partial charge < -0.3 is 9.64 Å². The van der Waals surface area contributed by atoms with Crippen LogP contribution in [0.4, 0.5) is 11.4 Å². The van der Waals surface area contributed by atoms with Crippen LogP contribution in [0.3, 0.4) is 0 Å². The Morgan fingerprint density at radius 1 is 1.30 bits per heavy atom. The highest BCUT2D eigenvalue weighted by Crippen LogP contribution is 2.24. The summed E-state index contributed by atoms with van der Waals surface area (Å²) in [5.74, 6) is 0.824. The molecule has 0 heterocycles. The Bertz CT molecular complexity index is 753. The maximum atomic E-state index is 10.8. The molecule has 0 aliphatic heterocycles. The molecule has 0 bridgehead atoms. The number of anilines is 1. The fourth-order valence-corrected chi connectivity index (χ4v) is 2.19. The number of benzene rings is 2. The molecule has 118 valence electrons. The molecule has 0 aliphatic carbocycles. The highest BCUT2D eigenvalue weighted by atomic mass is 16.6. The van der Waals surface area contributed by atoms with Crippen molar-refractivity contribution in [3.63, 3.8) is 0 Å². The van der Waals surface area contributed by atoms with Gasteiger partial charge in [-0.3, -0.25) is 10.1 Å². The van der Waals surface area contributed by atoms with Gasteiger partial charge in [-0.1, -0.05) is 18.2 Å². The Labute approximate surface area is 134 Å². The molecule has 0 radical (unpaired) electrons. The summed E-state index contributed by atoms with van der Waals surface area (Å²) in [7, 11) is 1.82. The number of likely N-dealkylation sites (N-methyl/N-ethyl adjacent to an activating group) is 1. The molecule has 2 aromatic rings. The lowest BCUT2D eigenvalue weighted by atomic mass is 10.1. The molecule has 0 unspecified atom stereocenters. The molecule has 0 atom stereocenters. The molecule has 0 saturated carbocycles. The monoisotopic (exact) mass is 311 g/mol. The van der Waals surface area contributed by atoms with Crippen molar-refractivity contribution in [1.29, 1.82) is 5.26 Å². The first-order valence-corrected chi connectivity index (χ1v) is 7.11. The van der Waals surface area contributed by atoms with Crippen molar-refractivity contribution in [2.24, 2.45) is 0 Å². The number of rotatable bonds is 6. The Morgan fingerprint density at radius 2 is 2.04 bits per heavy atom. The molecular weight excluding hydrogens is 294 g/mol. The lowest BCUT2D eigenvalue weighted by Crippen LogP contribution is -2.24. The molecule has 0 fully saturated rings. The third kappa shape index (κ3) is 3.98. The maximum Gasteiger partial charge on any atom is 0.270 e. The summed E-state index contributed by atoms with van der Waals surface area (Å²) in [5.41, 5.74) is 1.89. The summed E-state index contributed by atoms with van der Waals surface area (Å²) in [6, 6.07) is 14.0. The van der Waals surface area contributed by atoms with Crippen molar-refractivity contribution in [1.82, 2.24) is 0 Å². The van der Waals surface area contributed by atoms with E-state index in [1.165, 1.54) is 12.1 Å². The van der Waals surface area contributed by atoms with Gasteiger partial charge in [0, 0.05) is 19.2 Å². The van der Waals surface area contributed by atoms with E-state index < -0.39 is 4.92 Å². The van der Waals surface area contributed by atoms with E-state index in [1.807, 2.05) is 49.2 Å². The molecule has 0 amide bonds. The second-order valence-corrected chi connectivity index (χ2v) is 5.11. The first-order chi connectivity index (χ1) is 11.0. The van der Waals surface area contributed by atoms with E-state index in [0.717, 1.165) is 11.3 Å². The summed E-state index contributed by atoms with van der Waals surface area (Å²) >= 11 is 0. The normalized spacial score (nSPS) is 9.96. The molecule has 0 saturated heterocycles. The minimum absolute atomic E-state index is 0.0881. The van der Waals surface area contributed by atoms with E-state index in [9.17, 15) is 15.4 Å². The number of hydrogen-bond acceptors (Lipinski definition) is 5. The van der Waals surface area contributed by atoms with Gasteiger partial charge in [0.1, 0.15) is 18.4 Å². The van der Waals surface area contributed by atoms with Gasteiger partial charge in [0.25, 0.3) is 5.69 Å². The van der Waals surface area contributed by atoms with E-state index in [-0.39, 0.29) is 11.3 Å². The van der Waals surface area contributed by atoms with Gasteiger partial charge in [0.15, 0.2) is 0 Å². The van der Waals surface area contributed by atoms with Crippen LogP contribution >= 0.6 is 0 Å². The molecule has 2 aromatic carbocycles. The fourth-order valence-electron chi connectivity index (χ4n) is 2.19. The van der Waals surface area contributed by atoms with E-state index >= 15 is 0 Å². The quantitative estimate of drug-likeness (QED) is 0.604. The molecular formula is C17H17N3O3. The molecule has 6 nitrogen and oxygen atoms in total. The number of aryl methyl sites for hydroxylation is 1. The zero-order chi connectivity index (χ0) is 16.8. The largest absolute Gasteiger partial charge is 0.491 e. The first kappa shape index (κ1) is 16.3. The summed E-state index contributed by atoms with van der Waals surface area (Å²) in [6.45, 7) is 2.98. The number of non-ortho nitro benzene ring substituents is 1. The Balaban J connectivity index is 2.03. The Kier molecular flexibility index (Phi) is 5.15. The molecule has 2 rings (SSSR count). The first-order valence-electron chi connectivity index (χ1n) is 7.11. The number of hydrogen-bond donors (Lipinski definition) is 0. The molecule has 0 aliphatic rings. The summed E-state index contributed by atoms with van der Waals surface area (Å²) in [6.07, 6.45) is 0. The summed E-state index contributed by atoms with van der Waals surface area (Å²) in [4.78, 5) is 12.1. The van der Waals surface area contributed by atoms with Crippen molar-refractivity contribution in [3.8, 4) is 11.8 Å². The third-order valence-corrected chi connectivity index (χ3v) is 3.50. The van der Waals surface area contributed by atoms with E-state index in [0.29, 0.717) is 18.8 Å². The number of nitro benzene ring substituents is 1. The third-order valence-electron chi connectivity index (χ3n) is 3.50. The topological polar surface area (TPSA) is 79.4 Å². The van der Waals surface area contributed by atoms with Crippen LogP contribution in [0.2, 0.25) is 0 Å². The SMILES string of the molecule is Cc1ccccc1OCCN(C)c1ccc([N+](=O)[O-])cc1C#N. The number of nitriles is 1. The Morgan fingerprint density at radius 3 is 2.70 bits per heavy atom. The number of nitrogens with zero attached hydrogens (tertiary/aromatic N) is 3. The van der Waals surface area contributed by atoms with Crippen LogP contribution in [0.1, 0.15) is 11.1 Å². The maximum absolute atomic E-state index is 10.8. The van der Waals surface area contributed by atoms with Gasteiger partial charge in [-0.15, -0.1) is 0 Å². The second kappa shape index (κ2) is 7.27. The van der Waals surface area contributed by atoms with Crippen LogP contribution in [0.5, 0.6) is 5.75 Å². The van der Waals surface area contributed by atoms with Crippen molar-refractivity contribution in [2.75, 3.05) is 25.1 Å². The van der Waals surface area contributed by atoms with Gasteiger partial charge in [0.2, 0.25) is 0 Å². The van der Waals surface area contributed by atoms with Crippen LogP contribution in [0, 0.1) is 28.4 Å². The minimum Gasteiger partial charge on any atom is -0.491 e. The van der Waals surface area contributed by atoms with Crippen molar-refractivity contribution in [2.45, 2.75) is 6.92 Å². The zero-order valence-electron chi connectivity index (χ0n) is 13.0. The zero-order valence-corrected chi connectivity index (χ0v) is 13.0. The van der Waals surface area contributed by atoms with Crippen molar-refractivity contribution in [3.05, 3.63) is 63.7 Å². The number of nitro groups is 1. The smallest absolute Gasteiger partial charge is 0.270 e. The van der Waals surface area contributed by atoms with Crippen LogP contribution < -0.4 is 9.64 Å². The van der Waals surface area contributed by atoms with Gasteiger partial charge >= 0.3 is 0 Å². The molecule has 6 heteroatoms. The number of para-hydroxylation sites is 1. The van der Waals surface area contributed by atoms with Gasteiger partial charge in [0.05, 0.1) is 22.7 Å². The summed E-state index contributed by atoms with van der Waals surface area (Å²) in [5, 5.41) is 20.0. The second-order valence-electron chi connectivity index (χ2n) is 5.11. The average molecular weight is 311 g/mol. The predicted octanol–water partition coefficient (Wildman–Crippen LogP) is 3.29. The van der Waals surface area contributed by atoms with Gasteiger partial charge in [-0.25, -0.2) is 0 Å². The highest BCUT2D eigenvalue weighted by molar-refractivity contribution is 5.62. The molecule has 23 heavy (non-hydrogen) atoms. The molecule has 0 spiro atoms. The van der Waals surface area contributed by atoms with E-state index in [1.54, 1.807) is 6.07 Å². The van der Waals surface area contributed by atoms with Crippen LogP contribution in [0.25, 0.3) is 0 Å². The fraction of sp³-hybridized carbons (Fsp3) is 0.235. The minimum atomic E-state index is -0.508. The van der Waals surface area contributed by atoms with Crippen LogP contribution in [-0.2, 0) is 0 Å². The van der Waals surface area contributed by atoms with Gasteiger partial charge in [-0.05, 0) is 24.6 Å². The predicted molar refractivity (Wildman–Crippen MR) is 87.8 cm³/mol. The van der Waals surface area contributed by atoms with E-state index in [2.05, 4.69) is 0 Å². The lowest BCUT2D eigenvalue weighted by molar-refractivity contribution is -0.384. The van der Waals surface area contributed by atoms with Crippen LogP contribution in [0.15, 0.2) is 42.5 Å². The van der Waals surface area contributed by atoms with Crippen molar-refractivity contribution < 1.29 is 9.66 Å². The van der Waals surface area contributed by atoms with Crippen molar-refractivity contribution >= 4 is 11.4 Å². The van der Waals surface area contributed by atoms with E-state index in [4.69, 9.17) is 4.74 Å².